The minimum absolute atomic E-state index is 0.145. The standard InChI is InChI=1S/C17H14N2O5/c1-22-12-6-7-14(23-2)13(9-12)16-19-18-15(24-16)10-4-3-5-11(8-10)17(20)21/h3-9H,1-2H3,(H,20,21). The molecule has 3 aromatic rings. The van der Waals surface area contributed by atoms with Crippen molar-refractivity contribution >= 4 is 5.97 Å². The van der Waals surface area contributed by atoms with E-state index in [9.17, 15) is 4.79 Å². The third-order valence-electron chi connectivity index (χ3n) is 3.42. The van der Waals surface area contributed by atoms with E-state index in [4.69, 9.17) is 19.0 Å². The molecular weight excluding hydrogens is 312 g/mol. The smallest absolute Gasteiger partial charge is 0.335 e. The lowest BCUT2D eigenvalue weighted by Crippen LogP contribution is -1.95. The molecule has 0 spiro atoms. The molecule has 0 aliphatic carbocycles. The Morgan fingerprint density at radius 3 is 2.54 bits per heavy atom. The van der Waals surface area contributed by atoms with Crippen LogP contribution in [0.4, 0.5) is 0 Å². The molecule has 2 aromatic carbocycles. The van der Waals surface area contributed by atoms with Gasteiger partial charge in [-0.3, -0.25) is 0 Å². The van der Waals surface area contributed by atoms with Crippen molar-refractivity contribution < 1.29 is 23.8 Å². The third kappa shape index (κ3) is 2.91. The van der Waals surface area contributed by atoms with Gasteiger partial charge in [0.2, 0.25) is 5.89 Å². The van der Waals surface area contributed by atoms with Crippen molar-refractivity contribution in [1.29, 1.82) is 0 Å². The zero-order valence-corrected chi connectivity index (χ0v) is 13.0. The van der Waals surface area contributed by atoms with Gasteiger partial charge in [0.15, 0.2) is 0 Å². The van der Waals surface area contributed by atoms with Crippen molar-refractivity contribution in [2.24, 2.45) is 0 Å². The van der Waals surface area contributed by atoms with Crippen LogP contribution in [0.3, 0.4) is 0 Å². The molecule has 0 unspecified atom stereocenters. The molecular formula is C17H14N2O5. The predicted octanol–water partition coefficient (Wildman–Crippen LogP) is 3.12. The molecule has 0 aliphatic rings. The second-order valence-electron chi connectivity index (χ2n) is 4.86. The van der Waals surface area contributed by atoms with E-state index in [2.05, 4.69) is 10.2 Å². The Morgan fingerprint density at radius 1 is 1.04 bits per heavy atom. The fourth-order valence-corrected chi connectivity index (χ4v) is 2.22. The van der Waals surface area contributed by atoms with Crippen molar-refractivity contribution in [3.05, 3.63) is 48.0 Å². The number of benzene rings is 2. The van der Waals surface area contributed by atoms with Gasteiger partial charge in [0.05, 0.1) is 25.3 Å². The van der Waals surface area contributed by atoms with Crippen LogP contribution in [0.2, 0.25) is 0 Å². The first-order chi connectivity index (χ1) is 11.6. The summed E-state index contributed by atoms with van der Waals surface area (Å²) in [7, 11) is 3.10. The summed E-state index contributed by atoms with van der Waals surface area (Å²) < 4.78 is 16.2. The van der Waals surface area contributed by atoms with Gasteiger partial charge < -0.3 is 19.0 Å². The summed E-state index contributed by atoms with van der Waals surface area (Å²) in [5, 5.41) is 17.1. The van der Waals surface area contributed by atoms with Gasteiger partial charge in [-0.05, 0) is 36.4 Å². The summed E-state index contributed by atoms with van der Waals surface area (Å²) in [4.78, 5) is 11.1. The normalized spacial score (nSPS) is 10.4. The maximum Gasteiger partial charge on any atom is 0.335 e. The van der Waals surface area contributed by atoms with Crippen LogP contribution in [-0.2, 0) is 0 Å². The summed E-state index contributed by atoms with van der Waals surface area (Å²) in [6.07, 6.45) is 0. The minimum Gasteiger partial charge on any atom is -0.497 e. The maximum atomic E-state index is 11.1. The van der Waals surface area contributed by atoms with Gasteiger partial charge in [-0.1, -0.05) is 6.07 Å². The Kier molecular flexibility index (Phi) is 4.15. The largest absolute Gasteiger partial charge is 0.497 e. The first-order valence-electron chi connectivity index (χ1n) is 7.02. The van der Waals surface area contributed by atoms with Gasteiger partial charge in [0.1, 0.15) is 11.5 Å². The van der Waals surface area contributed by atoms with Crippen molar-refractivity contribution in [2.75, 3.05) is 14.2 Å². The SMILES string of the molecule is COc1ccc(OC)c(-c2nnc(-c3cccc(C(=O)O)c3)o2)c1. The van der Waals surface area contributed by atoms with Crippen LogP contribution in [0, 0.1) is 0 Å². The van der Waals surface area contributed by atoms with Crippen molar-refractivity contribution in [3.8, 4) is 34.4 Å². The van der Waals surface area contributed by atoms with Crippen LogP contribution >= 0.6 is 0 Å². The number of aromatic nitrogens is 2. The highest BCUT2D eigenvalue weighted by Crippen LogP contribution is 2.34. The molecule has 0 fully saturated rings. The van der Waals surface area contributed by atoms with E-state index in [1.165, 1.54) is 12.1 Å². The molecule has 1 aromatic heterocycles. The molecule has 0 radical (unpaired) electrons. The van der Waals surface area contributed by atoms with E-state index in [1.54, 1.807) is 44.6 Å². The Balaban J connectivity index is 2.02. The van der Waals surface area contributed by atoms with Crippen LogP contribution < -0.4 is 9.47 Å². The Labute approximate surface area is 137 Å². The van der Waals surface area contributed by atoms with E-state index in [1.807, 2.05) is 0 Å². The Bertz CT molecular complexity index is 888. The summed E-state index contributed by atoms with van der Waals surface area (Å²) >= 11 is 0. The first-order valence-corrected chi connectivity index (χ1v) is 7.02. The van der Waals surface area contributed by atoms with Gasteiger partial charge >= 0.3 is 5.97 Å². The molecule has 7 nitrogen and oxygen atoms in total. The molecule has 0 saturated heterocycles. The van der Waals surface area contributed by atoms with Crippen molar-refractivity contribution in [2.45, 2.75) is 0 Å². The lowest BCUT2D eigenvalue weighted by atomic mass is 10.1. The zero-order valence-electron chi connectivity index (χ0n) is 13.0. The number of methoxy groups -OCH3 is 2. The summed E-state index contributed by atoms with van der Waals surface area (Å²) in [5.41, 5.74) is 1.26. The third-order valence-corrected chi connectivity index (χ3v) is 3.42. The number of hydrogen-bond donors (Lipinski definition) is 1. The van der Waals surface area contributed by atoms with Gasteiger partial charge in [0, 0.05) is 5.56 Å². The van der Waals surface area contributed by atoms with Crippen LogP contribution in [0.5, 0.6) is 11.5 Å². The van der Waals surface area contributed by atoms with Gasteiger partial charge in [0.25, 0.3) is 5.89 Å². The first kappa shape index (κ1) is 15.5. The Hall–Kier alpha value is -3.35. The lowest BCUT2D eigenvalue weighted by molar-refractivity contribution is 0.0697. The molecule has 0 amide bonds. The molecule has 1 heterocycles. The summed E-state index contributed by atoms with van der Waals surface area (Å²) in [6.45, 7) is 0. The van der Waals surface area contributed by atoms with E-state index in [0.29, 0.717) is 22.6 Å². The van der Waals surface area contributed by atoms with Gasteiger partial charge in [-0.2, -0.15) is 0 Å². The average molecular weight is 326 g/mol. The molecule has 1 N–H and O–H groups in total. The second kappa shape index (κ2) is 6.41. The topological polar surface area (TPSA) is 94.7 Å². The average Bonchev–Trinajstić information content (AvgIpc) is 3.11. The number of carbonyl (C=O) groups is 1. The monoisotopic (exact) mass is 326 g/mol. The van der Waals surface area contributed by atoms with Crippen LogP contribution in [0.1, 0.15) is 10.4 Å². The zero-order chi connectivity index (χ0) is 17.1. The van der Waals surface area contributed by atoms with E-state index < -0.39 is 5.97 Å². The quantitative estimate of drug-likeness (QED) is 0.769. The van der Waals surface area contributed by atoms with Gasteiger partial charge in [-0.25, -0.2) is 4.79 Å². The highest BCUT2D eigenvalue weighted by molar-refractivity contribution is 5.89. The number of carboxylic acid groups (broad SMARTS) is 1. The van der Waals surface area contributed by atoms with Crippen LogP contribution in [-0.4, -0.2) is 35.5 Å². The maximum absolute atomic E-state index is 11.1. The number of carboxylic acids is 1. The Morgan fingerprint density at radius 2 is 1.83 bits per heavy atom. The molecule has 24 heavy (non-hydrogen) atoms. The number of nitrogens with zero attached hydrogens (tertiary/aromatic N) is 2. The molecule has 0 saturated carbocycles. The lowest BCUT2D eigenvalue weighted by Gasteiger charge is -2.07. The van der Waals surface area contributed by atoms with Crippen LogP contribution in [0.15, 0.2) is 46.9 Å². The number of ether oxygens (including phenoxy) is 2. The molecule has 3 rings (SSSR count). The van der Waals surface area contributed by atoms with E-state index >= 15 is 0 Å². The fourth-order valence-electron chi connectivity index (χ4n) is 2.22. The van der Waals surface area contributed by atoms with Gasteiger partial charge in [-0.15, -0.1) is 10.2 Å². The number of rotatable bonds is 5. The molecule has 0 aliphatic heterocycles. The fraction of sp³-hybridized carbons (Fsp3) is 0.118. The summed E-state index contributed by atoms with van der Waals surface area (Å²) in [6, 6.07) is 11.5. The van der Waals surface area contributed by atoms with E-state index in [-0.39, 0.29) is 17.3 Å². The van der Waals surface area contributed by atoms with Crippen LogP contribution in [0.25, 0.3) is 22.9 Å². The molecule has 122 valence electrons. The van der Waals surface area contributed by atoms with Crippen molar-refractivity contribution in [3.63, 3.8) is 0 Å². The molecule has 0 bridgehead atoms. The summed E-state index contributed by atoms with van der Waals surface area (Å²) in [5.74, 6) is 0.634. The van der Waals surface area contributed by atoms with Crippen molar-refractivity contribution in [1.82, 2.24) is 10.2 Å². The molecule has 0 atom stereocenters. The van der Waals surface area contributed by atoms with E-state index in [0.717, 1.165) is 0 Å². The molecule has 7 heteroatoms. The number of hydrogen-bond acceptors (Lipinski definition) is 6. The highest BCUT2D eigenvalue weighted by Gasteiger charge is 2.16. The predicted molar refractivity (Wildman–Crippen MR) is 85.2 cm³/mol. The highest BCUT2D eigenvalue weighted by atomic mass is 16.5. The second-order valence-corrected chi connectivity index (χ2v) is 4.86. The minimum atomic E-state index is -1.02. The number of aromatic carboxylic acids is 1.